The minimum absolute atomic E-state index is 0.188. The Labute approximate surface area is 108 Å². The molecule has 0 bridgehead atoms. The third kappa shape index (κ3) is 4.92. The molecule has 0 aromatic rings. The summed E-state index contributed by atoms with van der Waals surface area (Å²) < 4.78 is 0. The van der Waals surface area contributed by atoms with Crippen LogP contribution in [0.15, 0.2) is 0 Å². The van der Waals surface area contributed by atoms with E-state index in [1.54, 1.807) is 0 Å². The van der Waals surface area contributed by atoms with E-state index in [0.29, 0.717) is 38.1 Å². The van der Waals surface area contributed by atoms with E-state index in [1.807, 2.05) is 0 Å². The Hall–Kier alpha value is -0.650. The molecule has 5 heteroatoms. The second-order valence-corrected chi connectivity index (χ2v) is 5.59. The lowest BCUT2D eigenvalue weighted by Crippen LogP contribution is -2.45. The van der Waals surface area contributed by atoms with Crippen molar-refractivity contribution in [3.8, 4) is 0 Å². The molecule has 1 fully saturated rings. The fraction of sp³-hybridized carbons (Fsp3) is 0.923. The van der Waals surface area contributed by atoms with Crippen molar-refractivity contribution in [1.82, 2.24) is 5.32 Å². The van der Waals surface area contributed by atoms with E-state index in [1.165, 1.54) is 0 Å². The number of carbonyl (C=O) groups is 1. The first kappa shape index (κ1) is 15.4. The number of rotatable bonds is 7. The van der Waals surface area contributed by atoms with Crippen LogP contribution in [0.2, 0.25) is 0 Å². The van der Waals surface area contributed by atoms with E-state index >= 15 is 0 Å². The summed E-state index contributed by atoms with van der Waals surface area (Å²) in [4.78, 5) is 10.8. The van der Waals surface area contributed by atoms with E-state index in [4.69, 9.17) is 10.2 Å². The molecule has 1 rings (SSSR count). The van der Waals surface area contributed by atoms with Gasteiger partial charge in [0.15, 0.2) is 0 Å². The Kier molecular flexibility index (Phi) is 6.05. The standard InChI is InChI=1S/C13H25NO4/c1-10(4-7-15)8-14-9-13(18)5-2-11(3-6-13)12(16)17/h10-11,14-15,18H,2-9H2,1H3,(H,16,17). The molecule has 4 N–H and O–H groups in total. The smallest absolute Gasteiger partial charge is 0.306 e. The average Bonchev–Trinajstić information content (AvgIpc) is 2.29. The topological polar surface area (TPSA) is 89.8 Å². The number of aliphatic hydroxyl groups is 2. The van der Waals surface area contributed by atoms with E-state index < -0.39 is 11.6 Å². The Morgan fingerprint density at radius 1 is 1.44 bits per heavy atom. The number of hydrogen-bond acceptors (Lipinski definition) is 4. The van der Waals surface area contributed by atoms with Crippen LogP contribution in [0.25, 0.3) is 0 Å². The van der Waals surface area contributed by atoms with Crippen molar-refractivity contribution < 1.29 is 20.1 Å². The molecule has 0 aliphatic heterocycles. The van der Waals surface area contributed by atoms with Gasteiger partial charge in [-0.05, 0) is 44.6 Å². The minimum Gasteiger partial charge on any atom is -0.481 e. The SMILES string of the molecule is CC(CCO)CNCC1(O)CCC(C(=O)O)CC1. The summed E-state index contributed by atoms with van der Waals surface area (Å²) >= 11 is 0. The average molecular weight is 259 g/mol. The maximum Gasteiger partial charge on any atom is 0.306 e. The van der Waals surface area contributed by atoms with Crippen LogP contribution in [0.5, 0.6) is 0 Å². The molecule has 1 saturated carbocycles. The first-order chi connectivity index (χ1) is 8.47. The fourth-order valence-corrected chi connectivity index (χ4v) is 2.45. The van der Waals surface area contributed by atoms with Crippen molar-refractivity contribution in [2.24, 2.45) is 11.8 Å². The van der Waals surface area contributed by atoms with Gasteiger partial charge in [-0.1, -0.05) is 6.92 Å². The lowest BCUT2D eigenvalue weighted by Gasteiger charge is -2.35. The van der Waals surface area contributed by atoms with Gasteiger partial charge in [-0.3, -0.25) is 4.79 Å². The molecule has 18 heavy (non-hydrogen) atoms. The third-order valence-corrected chi connectivity index (χ3v) is 3.83. The van der Waals surface area contributed by atoms with Gasteiger partial charge in [-0.15, -0.1) is 0 Å². The summed E-state index contributed by atoms with van der Waals surface area (Å²) in [5.74, 6) is -0.658. The highest BCUT2D eigenvalue weighted by atomic mass is 16.4. The van der Waals surface area contributed by atoms with Crippen LogP contribution >= 0.6 is 0 Å². The lowest BCUT2D eigenvalue weighted by molar-refractivity contribution is -0.144. The van der Waals surface area contributed by atoms with Crippen molar-refractivity contribution in [1.29, 1.82) is 0 Å². The Bertz CT molecular complexity index is 262. The summed E-state index contributed by atoms with van der Waals surface area (Å²) in [5.41, 5.74) is -0.759. The molecule has 0 amide bonds. The molecule has 1 aliphatic carbocycles. The normalized spacial score (nSPS) is 30.1. The predicted molar refractivity (Wildman–Crippen MR) is 68.3 cm³/mol. The summed E-state index contributed by atoms with van der Waals surface area (Å²) in [7, 11) is 0. The highest BCUT2D eigenvalue weighted by molar-refractivity contribution is 5.70. The van der Waals surface area contributed by atoms with Crippen LogP contribution in [0.4, 0.5) is 0 Å². The lowest BCUT2D eigenvalue weighted by atomic mass is 9.79. The van der Waals surface area contributed by atoms with Crippen molar-refractivity contribution in [3.05, 3.63) is 0 Å². The van der Waals surface area contributed by atoms with Crippen LogP contribution < -0.4 is 5.32 Å². The molecule has 0 aromatic heterocycles. The Balaban J connectivity index is 2.24. The molecule has 1 unspecified atom stereocenters. The van der Waals surface area contributed by atoms with Gasteiger partial charge in [0, 0.05) is 13.2 Å². The number of carboxylic acids is 1. The molecule has 0 saturated heterocycles. The number of hydrogen-bond donors (Lipinski definition) is 4. The Morgan fingerprint density at radius 3 is 2.56 bits per heavy atom. The van der Waals surface area contributed by atoms with Crippen LogP contribution in [0, 0.1) is 11.8 Å². The van der Waals surface area contributed by atoms with Crippen molar-refractivity contribution >= 4 is 5.97 Å². The van der Waals surface area contributed by atoms with Crippen LogP contribution in [-0.2, 0) is 4.79 Å². The first-order valence-corrected chi connectivity index (χ1v) is 6.73. The molecule has 0 radical (unpaired) electrons. The number of aliphatic hydroxyl groups excluding tert-OH is 1. The van der Waals surface area contributed by atoms with Crippen LogP contribution in [0.3, 0.4) is 0 Å². The van der Waals surface area contributed by atoms with Gasteiger partial charge in [-0.25, -0.2) is 0 Å². The van der Waals surface area contributed by atoms with Gasteiger partial charge in [0.05, 0.1) is 11.5 Å². The maximum absolute atomic E-state index is 10.8. The summed E-state index contributed by atoms with van der Waals surface area (Å²) in [6.45, 7) is 3.52. The van der Waals surface area contributed by atoms with Crippen molar-refractivity contribution in [3.63, 3.8) is 0 Å². The minimum atomic E-state index is -0.759. The van der Waals surface area contributed by atoms with E-state index in [2.05, 4.69) is 12.2 Å². The van der Waals surface area contributed by atoms with E-state index in [0.717, 1.165) is 13.0 Å². The third-order valence-electron chi connectivity index (χ3n) is 3.83. The molecule has 106 valence electrons. The Morgan fingerprint density at radius 2 is 2.06 bits per heavy atom. The molecule has 1 atom stereocenters. The fourth-order valence-electron chi connectivity index (χ4n) is 2.45. The van der Waals surface area contributed by atoms with Crippen molar-refractivity contribution in [2.45, 2.75) is 44.6 Å². The van der Waals surface area contributed by atoms with Crippen LogP contribution in [0.1, 0.15) is 39.0 Å². The highest BCUT2D eigenvalue weighted by Crippen LogP contribution is 2.31. The molecule has 5 nitrogen and oxygen atoms in total. The number of carboxylic acid groups (broad SMARTS) is 1. The maximum atomic E-state index is 10.8. The summed E-state index contributed by atoms with van der Waals surface area (Å²) in [6, 6.07) is 0. The van der Waals surface area contributed by atoms with E-state index in [9.17, 15) is 9.90 Å². The van der Waals surface area contributed by atoms with Gasteiger partial charge in [0.2, 0.25) is 0 Å². The van der Waals surface area contributed by atoms with Crippen molar-refractivity contribution in [2.75, 3.05) is 19.7 Å². The quantitative estimate of drug-likeness (QED) is 0.537. The monoisotopic (exact) mass is 259 g/mol. The largest absolute Gasteiger partial charge is 0.481 e. The molecule has 1 aliphatic rings. The number of nitrogens with one attached hydrogen (secondary N) is 1. The second-order valence-electron chi connectivity index (χ2n) is 5.59. The first-order valence-electron chi connectivity index (χ1n) is 6.73. The zero-order valence-electron chi connectivity index (χ0n) is 11.1. The molecule has 0 spiro atoms. The summed E-state index contributed by atoms with van der Waals surface area (Å²) in [6.07, 6.45) is 2.96. The number of aliphatic carboxylic acids is 1. The molecule has 0 heterocycles. The van der Waals surface area contributed by atoms with Gasteiger partial charge >= 0.3 is 5.97 Å². The highest BCUT2D eigenvalue weighted by Gasteiger charge is 2.35. The van der Waals surface area contributed by atoms with E-state index in [-0.39, 0.29) is 12.5 Å². The van der Waals surface area contributed by atoms with Gasteiger partial charge < -0.3 is 20.6 Å². The predicted octanol–water partition coefficient (Wildman–Crippen LogP) is 0.600. The molecule has 0 aromatic carbocycles. The van der Waals surface area contributed by atoms with Crippen LogP contribution in [-0.4, -0.2) is 46.6 Å². The molecular formula is C13H25NO4. The zero-order valence-corrected chi connectivity index (χ0v) is 11.1. The van der Waals surface area contributed by atoms with Gasteiger partial charge in [0.1, 0.15) is 0 Å². The molecular weight excluding hydrogens is 234 g/mol. The second kappa shape index (κ2) is 7.07. The zero-order chi connectivity index (χ0) is 13.6. The summed E-state index contributed by atoms with van der Waals surface area (Å²) in [5, 5.41) is 31.2. The van der Waals surface area contributed by atoms with Gasteiger partial charge in [0.25, 0.3) is 0 Å². The van der Waals surface area contributed by atoms with Gasteiger partial charge in [-0.2, -0.15) is 0 Å².